The summed E-state index contributed by atoms with van der Waals surface area (Å²) in [6, 6.07) is 0.287. The summed E-state index contributed by atoms with van der Waals surface area (Å²) in [6.45, 7) is 5.01. The zero-order valence-corrected chi connectivity index (χ0v) is 9.32. The molecular weight excluding hydrogens is 192 g/mol. The third kappa shape index (κ3) is 4.95. The predicted molar refractivity (Wildman–Crippen MR) is 59.4 cm³/mol. The first-order valence-electron chi connectivity index (χ1n) is 5.53. The van der Waals surface area contributed by atoms with Crippen molar-refractivity contribution in [2.45, 2.75) is 25.8 Å². The first-order valence-corrected chi connectivity index (χ1v) is 5.53. The fourth-order valence-corrected chi connectivity index (χ4v) is 1.75. The van der Waals surface area contributed by atoms with Gasteiger partial charge >= 0.3 is 5.97 Å². The van der Waals surface area contributed by atoms with E-state index < -0.39 is 0 Å². The van der Waals surface area contributed by atoms with Crippen LogP contribution in [-0.4, -0.2) is 43.2 Å². The number of piperidine rings is 1. The van der Waals surface area contributed by atoms with E-state index in [0.29, 0.717) is 6.61 Å². The molecule has 0 bridgehead atoms. The second-order valence-electron chi connectivity index (χ2n) is 3.82. The number of carbonyl (C=O) groups excluding carboxylic acids is 1. The number of nitrogens with two attached hydrogens (primary N) is 1. The molecule has 0 aromatic heterocycles. The second-order valence-corrected chi connectivity index (χ2v) is 3.82. The number of ether oxygens (including phenoxy) is 1. The smallest absolute Gasteiger partial charge is 0.330 e. The van der Waals surface area contributed by atoms with Gasteiger partial charge in [0.2, 0.25) is 0 Å². The number of carbonyl (C=O) groups is 1. The lowest BCUT2D eigenvalue weighted by molar-refractivity contribution is -0.137. The minimum Gasteiger partial charge on any atom is -0.463 e. The molecule has 0 aliphatic carbocycles. The summed E-state index contributed by atoms with van der Waals surface area (Å²) in [6.07, 6.45) is 5.59. The maximum atomic E-state index is 11.0. The van der Waals surface area contributed by atoms with Gasteiger partial charge in [-0.2, -0.15) is 0 Å². The van der Waals surface area contributed by atoms with Crippen LogP contribution in [0.3, 0.4) is 0 Å². The number of esters is 1. The molecule has 0 aromatic rings. The molecule has 1 heterocycles. The summed E-state index contributed by atoms with van der Waals surface area (Å²) >= 11 is 0. The molecule has 1 aliphatic rings. The molecule has 1 rings (SSSR count). The average molecular weight is 212 g/mol. The minimum absolute atomic E-state index is 0.265. The van der Waals surface area contributed by atoms with Gasteiger partial charge in [0.1, 0.15) is 0 Å². The number of hydrogen-bond acceptors (Lipinski definition) is 4. The molecule has 1 saturated heterocycles. The van der Waals surface area contributed by atoms with E-state index in [2.05, 4.69) is 4.90 Å². The first kappa shape index (κ1) is 12.2. The van der Waals surface area contributed by atoms with Crippen molar-refractivity contribution in [1.82, 2.24) is 4.90 Å². The molecule has 0 saturated carbocycles. The summed E-state index contributed by atoms with van der Waals surface area (Å²) in [5.41, 5.74) is 5.85. The summed E-state index contributed by atoms with van der Waals surface area (Å²) in [5, 5.41) is 0. The summed E-state index contributed by atoms with van der Waals surface area (Å²) in [7, 11) is 0. The molecule has 1 aliphatic heterocycles. The SMILES string of the molecule is CCOC(=O)/C=C/CN1CCCC(N)C1. The van der Waals surface area contributed by atoms with E-state index in [4.69, 9.17) is 10.5 Å². The summed E-state index contributed by atoms with van der Waals surface area (Å²) < 4.78 is 4.78. The molecule has 4 nitrogen and oxygen atoms in total. The van der Waals surface area contributed by atoms with Gasteiger partial charge < -0.3 is 10.5 Å². The monoisotopic (exact) mass is 212 g/mol. The Morgan fingerprint density at radius 3 is 3.13 bits per heavy atom. The van der Waals surface area contributed by atoms with E-state index in [1.54, 1.807) is 6.92 Å². The van der Waals surface area contributed by atoms with Gasteiger partial charge in [-0.15, -0.1) is 0 Å². The molecule has 15 heavy (non-hydrogen) atoms. The Bertz CT molecular complexity index is 229. The third-order valence-electron chi connectivity index (χ3n) is 2.45. The number of likely N-dealkylation sites (tertiary alicyclic amines) is 1. The molecule has 1 atom stereocenters. The number of nitrogens with zero attached hydrogens (tertiary/aromatic N) is 1. The highest BCUT2D eigenvalue weighted by molar-refractivity contribution is 5.81. The topological polar surface area (TPSA) is 55.6 Å². The van der Waals surface area contributed by atoms with E-state index in [9.17, 15) is 4.79 Å². The van der Waals surface area contributed by atoms with E-state index in [1.807, 2.05) is 6.08 Å². The van der Waals surface area contributed by atoms with Crippen molar-refractivity contribution >= 4 is 5.97 Å². The Morgan fingerprint density at radius 2 is 2.47 bits per heavy atom. The quantitative estimate of drug-likeness (QED) is 0.545. The van der Waals surface area contributed by atoms with E-state index in [-0.39, 0.29) is 12.0 Å². The van der Waals surface area contributed by atoms with E-state index >= 15 is 0 Å². The fourth-order valence-electron chi connectivity index (χ4n) is 1.75. The van der Waals surface area contributed by atoms with Crippen molar-refractivity contribution in [3.63, 3.8) is 0 Å². The van der Waals surface area contributed by atoms with Crippen LogP contribution in [-0.2, 0) is 9.53 Å². The summed E-state index contributed by atoms with van der Waals surface area (Å²) in [4.78, 5) is 13.3. The largest absolute Gasteiger partial charge is 0.463 e. The molecule has 4 heteroatoms. The van der Waals surface area contributed by atoms with Gasteiger partial charge in [-0.1, -0.05) is 6.08 Å². The Balaban J connectivity index is 2.20. The van der Waals surface area contributed by atoms with E-state index in [1.165, 1.54) is 6.08 Å². The van der Waals surface area contributed by atoms with E-state index in [0.717, 1.165) is 32.5 Å². The van der Waals surface area contributed by atoms with Crippen LogP contribution in [0, 0.1) is 0 Å². The van der Waals surface area contributed by atoms with Gasteiger partial charge in [-0.05, 0) is 26.3 Å². The first-order chi connectivity index (χ1) is 7.22. The molecule has 1 fully saturated rings. The average Bonchev–Trinajstić information content (AvgIpc) is 2.18. The lowest BCUT2D eigenvalue weighted by Gasteiger charge is -2.29. The van der Waals surface area contributed by atoms with Crippen molar-refractivity contribution in [3.8, 4) is 0 Å². The standard InChI is InChI=1S/C11H20N2O2/c1-2-15-11(14)6-4-8-13-7-3-5-10(12)9-13/h4,6,10H,2-3,5,7-9,12H2,1H3/b6-4+. The Hall–Kier alpha value is -0.870. The normalized spacial score (nSPS) is 23.2. The molecule has 0 aromatic carbocycles. The highest BCUT2D eigenvalue weighted by atomic mass is 16.5. The molecule has 2 N–H and O–H groups in total. The van der Waals surface area contributed by atoms with Crippen LogP contribution in [0.5, 0.6) is 0 Å². The molecule has 86 valence electrons. The van der Waals surface area contributed by atoms with Crippen LogP contribution in [0.2, 0.25) is 0 Å². The third-order valence-corrected chi connectivity index (χ3v) is 2.45. The Kier molecular flexibility index (Phi) is 5.36. The highest BCUT2D eigenvalue weighted by Gasteiger charge is 2.14. The Morgan fingerprint density at radius 1 is 1.67 bits per heavy atom. The van der Waals surface area contributed by atoms with Crippen LogP contribution in [0.4, 0.5) is 0 Å². The maximum Gasteiger partial charge on any atom is 0.330 e. The van der Waals surface area contributed by atoms with Gasteiger partial charge in [0, 0.05) is 25.2 Å². The van der Waals surface area contributed by atoms with Crippen LogP contribution in [0.25, 0.3) is 0 Å². The number of rotatable bonds is 4. The van der Waals surface area contributed by atoms with Crippen LogP contribution in [0.1, 0.15) is 19.8 Å². The number of hydrogen-bond donors (Lipinski definition) is 1. The minimum atomic E-state index is -0.265. The van der Waals surface area contributed by atoms with Gasteiger partial charge in [-0.3, -0.25) is 4.90 Å². The van der Waals surface area contributed by atoms with Crippen molar-refractivity contribution in [3.05, 3.63) is 12.2 Å². The fraction of sp³-hybridized carbons (Fsp3) is 0.727. The Labute approximate surface area is 91.1 Å². The van der Waals surface area contributed by atoms with Crippen molar-refractivity contribution in [2.75, 3.05) is 26.2 Å². The molecule has 1 unspecified atom stereocenters. The van der Waals surface area contributed by atoms with Crippen LogP contribution in [0.15, 0.2) is 12.2 Å². The van der Waals surface area contributed by atoms with Gasteiger partial charge in [0.15, 0.2) is 0 Å². The van der Waals surface area contributed by atoms with Crippen LogP contribution >= 0.6 is 0 Å². The van der Waals surface area contributed by atoms with Crippen molar-refractivity contribution < 1.29 is 9.53 Å². The van der Waals surface area contributed by atoms with Gasteiger partial charge in [0.25, 0.3) is 0 Å². The zero-order valence-electron chi connectivity index (χ0n) is 9.32. The highest BCUT2D eigenvalue weighted by Crippen LogP contribution is 2.07. The predicted octanol–water partition coefficient (Wildman–Crippen LogP) is 0.529. The zero-order chi connectivity index (χ0) is 11.1. The summed E-state index contributed by atoms with van der Waals surface area (Å²) in [5.74, 6) is -0.265. The lowest BCUT2D eigenvalue weighted by Crippen LogP contribution is -2.42. The molecule has 0 spiro atoms. The van der Waals surface area contributed by atoms with Crippen molar-refractivity contribution in [2.24, 2.45) is 5.73 Å². The van der Waals surface area contributed by atoms with Gasteiger partial charge in [0.05, 0.1) is 6.61 Å². The molecule has 0 amide bonds. The molecule has 0 radical (unpaired) electrons. The maximum absolute atomic E-state index is 11.0. The molecular formula is C11H20N2O2. The van der Waals surface area contributed by atoms with Gasteiger partial charge in [-0.25, -0.2) is 4.79 Å². The van der Waals surface area contributed by atoms with Crippen LogP contribution < -0.4 is 5.73 Å². The lowest BCUT2D eigenvalue weighted by atomic mass is 10.1. The second kappa shape index (κ2) is 6.58. The van der Waals surface area contributed by atoms with Crippen molar-refractivity contribution in [1.29, 1.82) is 0 Å².